The Labute approximate surface area is 136 Å². The van der Waals surface area contributed by atoms with Crippen LogP contribution >= 0.6 is 15.9 Å². The number of nitrogens with one attached hydrogen (secondary N) is 2. The molecule has 0 saturated carbocycles. The van der Waals surface area contributed by atoms with Crippen molar-refractivity contribution in [1.29, 1.82) is 5.26 Å². The Morgan fingerprint density at radius 3 is 3.32 bits per heavy atom. The van der Waals surface area contributed by atoms with Crippen molar-refractivity contribution in [2.24, 2.45) is 0 Å². The summed E-state index contributed by atoms with van der Waals surface area (Å²) in [5, 5.41) is 13.2. The normalized spacial score (nSPS) is 18.2. The first-order valence-electron chi connectivity index (χ1n) is 7.22. The lowest BCUT2D eigenvalue weighted by atomic mass is 10.0. The summed E-state index contributed by atoms with van der Waals surface area (Å²) in [7, 11) is 0. The van der Waals surface area contributed by atoms with Gasteiger partial charge in [0, 0.05) is 36.9 Å². The van der Waals surface area contributed by atoms with Gasteiger partial charge in [0.25, 0.3) is 0 Å². The van der Waals surface area contributed by atoms with Crippen LogP contribution in [0.1, 0.15) is 19.3 Å². The molecule has 1 amide bonds. The smallest absolute Gasteiger partial charge is 0.236 e. The van der Waals surface area contributed by atoms with E-state index in [1.807, 2.05) is 18.3 Å². The first kappa shape index (κ1) is 14.9. The monoisotopic (exact) mass is 361 g/mol. The molecule has 0 radical (unpaired) electrons. The van der Waals surface area contributed by atoms with E-state index >= 15 is 0 Å². The fraction of sp³-hybridized carbons (Fsp3) is 0.400. The van der Waals surface area contributed by atoms with E-state index in [1.165, 1.54) is 0 Å². The Morgan fingerprint density at radius 1 is 1.64 bits per heavy atom. The molecule has 6 nitrogen and oxygen atoms in total. The summed E-state index contributed by atoms with van der Waals surface area (Å²) in [6, 6.07) is 4.08. The molecule has 1 saturated heterocycles. The predicted octanol–water partition coefficient (Wildman–Crippen LogP) is 2.64. The number of carbonyl (C=O) groups excluding carboxylic acids is 1. The zero-order valence-corrected chi connectivity index (χ0v) is 13.6. The molecular weight excluding hydrogens is 346 g/mol. The number of anilines is 1. The number of amides is 1. The average molecular weight is 362 g/mol. The third kappa shape index (κ3) is 2.92. The van der Waals surface area contributed by atoms with Gasteiger partial charge in [0.05, 0.1) is 16.2 Å². The van der Waals surface area contributed by atoms with Crippen molar-refractivity contribution >= 4 is 38.6 Å². The second-order valence-corrected chi connectivity index (χ2v) is 6.23. The van der Waals surface area contributed by atoms with Crippen molar-refractivity contribution < 1.29 is 4.79 Å². The van der Waals surface area contributed by atoms with E-state index in [0.29, 0.717) is 6.54 Å². The van der Waals surface area contributed by atoms with Gasteiger partial charge < -0.3 is 15.2 Å². The van der Waals surface area contributed by atoms with Gasteiger partial charge in [0.1, 0.15) is 12.1 Å². The summed E-state index contributed by atoms with van der Waals surface area (Å²) >= 11 is 3.54. The van der Waals surface area contributed by atoms with E-state index in [-0.39, 0.29) is 18.4 Å². The number of hydrogen-bond acceptors (Lipinski definition) is 4. The summed E-state index contributed by atoms with van der Waals surface area (Å²) < 4.78 is 0.903. The number of likely N-dealkylation sites (tertiary alicyclic amines) is 1. The molecule has 1 atom stereocenters. The minimum atomic E-state index is -0.0883. The predicted molar refractivity (Wildman–Crippen MR) is 87.2 cm³/mol. The number of halogens is 1. The van der Waals surface area contributed by atoms with Gasteiger partial charge in [-0.25, -0.2) is 4.98 Å². The van der Waals surface area contributed by atoms with Gasteiger partial charge >= 0.3 is 0 Å². The summed E-state index contributed by atoms with van der Waals surface area (Å²) in [6.07, 6.45) is 5.51. The minimum Gasteiger partial charge on any atom is -0.379 e. The topological polar surface area (TPSA) is 84.8 Å². The number of nitrogens with zero attached hydrogens (tertiary/aromatic N) is 3. The van der Waals surface area contributed by atoms with Gasteiger partial charge in [-0.15, -0.1) is 0 Å². The van der Waals surface area contributed by atoms with Crippen LogP contribution in [0.3, 0.4) is 0 Å². The molecule has 1 fully saturated rings. The number of rotatable bonds is 3. The van der Waals surface area contributed by atoms with Gasteiger partial charge in [-0.3, -0.25) is 4.79 Å². The van der Waals surface area contributed by atoms with Crippen molar-refractivity contribution in [3.05, 3.63) is 22.9 Å². The minimum absolute atomic E-state index is 0.0479. The number of aromatic amines is 1. The molecule has 1 aliphatic heterocycles. The van der Waals surface area contributed by atoms with Gasteiger partial charge in [-0.1, -0.05) is 0 Å². The first-order chi connectivity index (χ1) is 10.7. The van der Waals surface area contributed by atoms with E-state index < -0.39 is 0 Å². The third-order valence-corrected chi connectivity index (χ3v) is 4.49. The molecule has 22 heavy (non-hydrogen) atoms. The quantitative estimate of drug-likeness (QED) is 0.879. The molecule has 2 aromatic heterocycles. The Hall–Kier alpha value is -2.07. The highest BCUT2D eigenvalue weighted by molar-refractivity contribution is 9.10. The van der Waals surface area contributed by atoms with Gasteiger partial charge in [-0.2, -0.15) is 5.26 Å². The summed E-state index contributed by atoms with van der Waals surface area (Å²) in [5.74, 6) is -0.0883. The number of carbonyl (C=O) groups is 1. The molecule has 0 aromatic carbocycles. The van der Waals surface area contributed by atoms with Gasteiger partial charge in [0.2, 0.25) is 5.91 Å². The Bertz CT molecular complexity index is 735. The third-order valence-electron chi connectivity index (χ3n) is 3.89. The molecule has 3 rings (SSSR count). The lowest BCUT2D eigenvalue weighted by Gasteiger charge is -2.33. The van der Waals surface area contributed by atoms with Crippen LogP contribution in [-0.2, 0) is 4.79 Å². The second-order valence-electron chi connectivity index (χ2n) is 5.38. The van der Waals surface area contributed by atoms with Crippen LogP contribution in [0.4, 0.5) is 5.69 Å². The Morgan fingerprint density at radius 2 is 2.50 bits per heavy atom. The van der Waals surface area contributed by atoms with Gasteiger partial charge in [0.15, 0.2) is 0 Å². The van der Waals surface area contributed by atoms with Crippen LogP contribution in [0, 0.1) is 11.3 Å². The lowest BCUT2D eigenvalue weighted by Crippen LogP contribution is -2.45. The maximum absolute atomic E-state index is 11.9. The molecule has 114 valence electrons. The SMILES string of the molecule is N#CCC(=O)N1CCCC(Nc2c(Br)cnc3[nH]ccc23)C1. The van der Waals surface area contributed by atoms with E-state index in [0.717, 1.165) is 40.6 Å². The molecule has 2 aromatic rings. The van der Waals surface area contributed by atoms with Crippen molar-refractivity contribution in [3.63, 3.8) is 0 Å². The highest BCUT2D eigenvalue weighted by Crippen LogP contribution is 2.31. The van der Waals surface area contributed by atoms with E-state index in [4.69, 9.17) is 5.26 Å². The number of piperidine rings is 1. The maximum atomic E-state index is 11.9. The largest absolute Gasteiger partial charge is 0.379 e. The molecule has 0 bridgehead atoms. The molecule has 3 heterocycles. The first-order valence-corrected chi connectivity index (χ1v) is 8.01. The number of fused-ring (bicyclic) bond motifs is 1. The van der Waals surface area contributed by atoms with Crippen LogP contribution in [0.15, 0.2) is 22.9 Å². The van der Waals surface area contributed by atoms with Crippen molar-refractivity contribution in [1.82, 2.24) is 14.9 Å². The van der Waals surface area contributed by atoms with E-state index in [2.05, 4.69) is 31.2 Å². The summed E-state index contributed by atoms with van der Waals surface area (Å²) in [5.41, 5.74) is 1.82. The Kier molecular flexibility index (Phi) is 4.29. The van der Waals surface area contributed by atoms with Crippen LogP contribution in [-0.4, -0.2) is 39.9 Å². The Balaban J connectivity index is 1.77. The van der Waals surface area contributed by atoms with Crippen LogP contribution < -0.4 is 5.32 Å². The highest BCUT2D eigenvalue weighted by Gasteiger charge is 2.24. The molecule has 7 heteroatoms. The zero-order valence-electron chi connectivity index (χ0n) is 12.0. The zero-order chi connectivity index (χ0) is 15.5. The summed E-state index contributed by atoms with van der Waals surface area (Å²) in [6.45, 7) is 1.36. The lowest BCUT2D eigenvalue weighted by molar-refractivity contribution is -0.131. The van der Waals surface area contributed by atoms with Crippen molar-refractivity contribution in [2.45, 2.75) is 25.3 Å². The molecule has 0 aliphatic carbocycles. The van der Waals surface area contributed by atoms with Crippen molar-refractivity contribution in [2.75, 3.05) is 18.4 Å². The number of H-pyrrole nitrogens is 1. The second kappa shape index (κ2) is 6.36. The molecule has 0 spiro atoms. The highest BCUT2D eigenvalue weighted by atomic mass is 79.9. The van der Waals surface area contributed by atoms with E-state index in [9.17, 15) is 4.79 Å². The molecule has 1 unspecified atom stereocenters. The van der Waals surface area contributed by atoms with E-state index in [1.54, 1.807) is 11.1 Å². The fourth-order valence-corrected chi connectivity index (χ4v) is 3.27. The number of pyridine rings is 1. The molecular formula is C15H16BrN5O. The maximum Gasteiger partial charge on any atom is 0.236 e. The van der Waals surface area contributed by atoms with Crippen LogP contribution in [0.25, 0.3) is 11.0 Å². The van der Waals surface area contributed by atoms with Gasteiger partial charge in [-0.05, 0) is 34.8 Å². The summed E-state index contributed by atoms with van der Waals surface area (Å²) in [4.78, 5) is 21.1. The fourth-order valence-electron chi connectivity index (χ4n) is 2.84. The number of nitriles is 1. The van der Waals surface area contributed by atoms with Crippen LogP contribution in [0.2, 0.25) is 0 Å². The molecule has 1 aliphatic rings. The average Bonchev–Trinajstić information content (AvgIpc) is 2.99. The standard InChI is InChI=1S/C15H16BrN5O/c16-12-8-19-15-11(4-6-18-15)14(12)20-10-2-1-7-21(9-10)13(22)3-5-17/h4,6,8,10H,1-3,7,9H2,(H2,18,19,20). The van der Waals surface area contributed by atoms with Crippen molar-refractivity contribution in [3.8, 4) is 6.07 Å². The number of hydrogen-bond donors (Lipinski definition) is 2. The number of aromatic nitrogens is 2. The molecule has 2 N–H and O–H groups in total. The van der Waals surface area contributed by atoms with Crippen LogP contribution in [0.5, 0.6) is 0 Å².